The van der Waals surface area contributed by atoms with Crippen molar-refractivity contribution in [3.05, 3.63) is 76.6 Å². The molecule has 0 fully saturated rings. The number of aryl methyl sites for hydroxylation is 1. The smallest absolute Gasteiger partial charge is 0.337 e. The predicted molar refractivity (Wildman–Crippen MR) is 121 cm³/mol. The summed E-state index contributed by atoms with van der Waals surface area (Å²) in [6.07, 6.45) is 1.80. The molecule has 0 radical (unpaired) electrons. The predicted octanol–water partition coefficient (Wildman–Crippen LogP) is 4.02. The van der Waals surface area contributed by atoms with Crippen LogP contribution in [0.1, 0.15) is 32.9 Å². The Hall–Kier alpha value is -3.74. The first-order chi connectivity index (χ1) is 15.0. The molecule has 1 aromatic heterocycles. The highest BCUT2D eigenvalue weighted by atomic mass is 16.5. The topological polar surface area (TPSA) is 74.1 Å². The third-order valence-corrected chi connectivity index (χ3v) is 5.02. The van der Waals surface area contributed by atoms with Gasteiger partial charge in [0.25, 0.3) is 0 Å². The molecular weight excluding hydrogens is 394 g/mol. The highest BCUT2D eigenvalue weighted by molar-refractivity contribution is 5.90. The highest BCUT2D eigenvalue weighted by Gasteiger charge is 2.12. The fourth-order valence-corrected chi connectivity index (χ4v) is 3.45. The molecule has 162 valence electrons. The summed E-state index contributed by atoms with van der Waals surface area (Å²) in [6.45, 7) is 4.59. The Morgan fingerprint density at radius 2 is 1.81 bits per heavy atom. The molecular formula is C24H27N3O4. The van der Waals surface area contributed by atoms with E-state index in [0.29, 0.717) is 23.6 Å². The Morgan fingerprint density at radius 3 is 2.52 bits per heavy atom. The summed E-state index contributed by atoms with van der Waals surface area (Å²) < 4.78 is 17.5. The van der Waals surface area contributed by atoms with Crippen LogP contribution in [0.3, 0.4) is 0 Å². The van der Waals surface area contributed by atoms with E-state index in [9.17, 15) is 4.79 Å². The van der Waals surface area contributed by atoms with Crippen molar-refractivity contribution >= 4 is 12.2 Å². The second kappa shape index (κ2) is 9.84. The van der Waals surface area contributed by atoms with Crippen LogP contribution in [-0.4, -0.2) is 38.1 Å². The van der Waals surface area contributed by atoms with Crippen molar-refractivity contribution in [2.75, 3.05) is 21.3 Å². The highest BCUT2D eigenvalue weighted by Crippen LogP contribution is 2.27. The normalized spacial score (nSPS) is 10.9. The van der Waals surface area contributed by atoms with Crippen molar-refractivity contribution in [2.24, 2.45) is 5.10 Å². The van der Waals surface area contributed by atoms with E-state index in [1.165, 1.54) is 7.11 Å². The standard InChI is InChI=1S/C24H27N3O4/c1-16-11-20(15-26-25-14-18-9-10-22(29-3)23(12-18)30-4)17(2)27(16)21-8-6-7-19(13-21)24(28)31-5/h6-13,15,25H,14H2,1-5H3/b26-15-. The largest absolute Gasteiger partial charge is 0.493 e. The maximum Gasteiger partial charge on any atom is 0.337 e. The van der Waals surface area contributed by atoms with Crippen molar-refractivity contribution in [3.8, 4) is 17.2 Å². The summed E-state index contributed by atoms with van der Waals surface area (Å²) in [5.41, 5.74) is 8.56. The quantitative estimate of drug-likeness (QED) is 0.338. The van der Waals surface area contributed by atoms with Crippen molar-refractivity contribution in [1.29, 1.82) is 0 Å². The fraction of sp³-hybridized carbons (Fsp3) is 0.250. The van der Waals surface area contributed by atoms with E-state index in [2.05, 4.69) is 21.2 Å². The number of nitrogens with zero attached hydrogens (tertiary/aromatic N) is 2. The zero-order valence-corrected chi connectivity index (χ0v) is 18.4. The fourth-order valence-electron chi connectivity index (χ4n) is 3.45. The number of carbonyl (C=O) groups is 1. The molecule has 0 saturated carbocycles. The Labute approximate surface area is 182 Å². The van der Waals surface area contributed by atoms with E-state index in [1.54, 1.807) is 26.5 Å². The van der Waals surface area contributed by atoms with Crippen LogP contribution in [0, 0.1) is 13.8 Å². The molecule has 31 heavy (non-hydrogen) atoms. The Balaban J connectivity index is 1.74. The van der Waals surface area contributed by atoms with Gasteiger partial charge in [-0.2, -0.15) is 5.10 Å². The van der Waals surface area contributed by atoms with Crippen LogP contribution in [0.15, 0.2) is 53.6 Å². The first-order valence-electron chi connectivity index (χ1n) is 9.83. The summed E-state index contributed by atoms with van der Waals surface area (Å²) in [6, 6.07) is 15.2. The van der Waals surface area contributed by atoms with E-state index in [0.717, 1.165) is 28.2 Å². The SMILES string of the molecule is COC(=O)c1cccc(-n2c(C)cc(/C=N\NCc3ccc(OC)c(OC)c3)c2C)c1. The van der Waals surface area contributed by atoms with Gasteiger partial charge < -0.3 is 24.2 Å². The van der Waals surface area contributed by atoms with Crippen LogP contribution >= 0.6 is 0 Å². The number of nitrogens with one attached hydrogen (secondary N) is 1. The third kappa shape index (κ3) is 4.88. The van der Waals surface area contributed by atoms with E-state index >= 15 is 0 Å². The number of carbonyl (C=O) groups excluding carboxylic acids is 1. The molecule has 0 spiro atoms. The number of hydrazone groups is 1. The first-order valence-corrected chi connectivity index (χ1v) is 9.83. The molecule has 7 heteroatoms. The van der Waals surface area contributed by atoms with Gasteiger partial charge in [-0.1, -0.05) is 12.1 Å². The molecule has 0 amide bonds. The zero-order chi connectivity index (χ0) is 22.4. The number of hydrogen-bond acceptors (Lipinski definition) is 6. The van der Waals surface area contributed by atoms with Gasteiger partial charge in [-0.25, -0.2) is 4.79 Å². The molecule has 3 aromatic rings. The minimum absolute atomic E-state index is 0.356. The maximum absolute atomic E-state index is 11.9. The van der Waals surface area contributed by atoms with E-state index in [1.807, 2.05) is 50.2 Å². The van der Waals surface area contributed by atoms with Crippen LogP contribution < -0.4 is 14.9 Å². The minimum Gasteiger partial charge on any atom is -0.493 e. The Morgan fingerprint density at radius 1 is 1.03 bits per heavy atom. The van der Waals surface area contributed by atoms with Gasteiger partial charge in [-0.3, -0.25) is 0 Å². The summed E-state index contributed by atoms with van der Waals surface area (Å²) in [4.78, 5) is 11.9. The second-order valence-corrected chi connectivity index (χ2v) is 6.99. The van der Waals surface area contributed by atoms with Crippen molar-refractivity contribution < 1.29 is 19.0 Å². The summed E-state index contributed by atoms with van der Waals surface area (Å²) in [5.74, 6) is 1.02. The number of esters is 1. The number of hydrogen-bond donors (Lipinski definition) is 1. The second-order valence-electron chi connectivity index (χ2n) is 6.99. The molecule has 0 unspecified atom stereocenters. The number of benzene rings is 2. The van der Waals surface area contributed by atoms with Gasteiger partial charge in [0.05, 0.1) is 39.7 Å². The summed E-state index contributed by atoms with van der Waals surface area (Å²) in [7, 11) is 4.61. The lowest BCUT2D eigenvalue weighted by atomic mass is 10.2. The van der Waals surface area contributed by atoms with Gasteiger partial charge in [-0.15, -0.1) is 0 Å². The zero-order valence-electron chi connectivity index (χ0n) is 18.4. The first kappa shape index (κ1) is 22.0. The van der Waals surface area contributed by atoms with Gasteiger partial charge in [0.15, 0.2) is 11.5 Å². The molecule has 7 nitrogen and oxygen atoms in total. The van der Waals surface area contributed by atoms with E-state index in [-0.39, 0.29) is 5.97 Å². The van der Waals surface area contributed by atoms with Crippen molar-refractivity contribution in [1.82, 2.24) is 9.99 Å². The van der Waals surface area contributed by atoms with Gasteiger partial charge in [0, 0.05) is 22.6 Å². The van der Waals surface area contributed by atoms with Crippen LogP contribution in [0.4, 0.5) is 0 Å². The minimum atomic E-state index is -0.356. The summed E-state index contributed by atoms with van der Waals surface area (Å²) >= 11 is 0. The van der Waals surface area contributed by atoms with Gasteiger partial charge >= 0.3 is 5.97 Å². The van der Waals surface area contributed by atoms with Crippen molar-refractivity contribution in [3.63, 3.8) is 0 Å². The van der Waals surface area contributed by atoms with Gasteiger partial charge in [0.1, 0.15) is 0 Å². The van der Waals surface area contributed by atoms with E-state index in [4.69, 9.17) is 14.2 Å². The lowest BCUT2D eigenvalue weighted by Crippen LogP contribution is -2.06. The van der Waals surface area contributed by atoms with Crippen molar-refractivity contribution in [2.45, 2.75) is 20.4 Å². The van der Waals surface area contributed by atoms with Gasteiger partial charge in [0.2, 0.25) is 0 Å². The number of aromatic nitrogens is 1. The van der Waals surface area contributed by atoms with Crippen LogP contribution in [-0.2, 0) is 11.3 Å². The maximum atomic E-state index is 11.9. The molecule has 0 aliphatic heterocycles. The van der Waals surface area contributed by atoms with Crippen LogP contribution in [0.5, 0.6) is 11.5 Å². The average molecular weight is 421 g/mol. The Kier molecular flexibility index (Phi) is 6.97. The molecule has 0 atom stereocenters. The van der Waals surface area contributed by atoms with Gasteiger partial charge in [-0.05, 0) is 55.8 Å². The molecule has 0 aliphatic carbocycles. The molecule has 1 heterocycles. The average Bonchev–Trinajstić information content (AvgIpc) is 3.08. The molecule has 1 N–H and O–H groups in total. The monoisotopic (exact) mass is 421 g/mol. The van der Waals surface area contributed by atoms with E-state index < -0.39 is 0 Å². The molecule has 2 aromatic carbocycles. The molecule has 0 aliphatic rings. The third-order valence-electron chi connectivity index (χ3n) is 5.02. The van der Waals surface area contributed by atoms with Crippen LogP contribution in [0.2, 0.25) is 0 Å². The number of methoxy groups -OCH3 is 3. The lowest BCUT2D eigenvalue weighted by Gasteiger charge is -2.11. The summed E-state index contributed by atoms with van der Waals surface area (Å²) in [5, 5.41) is 4.37. The molecule has 0 saturated heterocycles. The molecule has 0 bridgehead atoms. The number of ether oxygens (including phenoxy) is 3. The number of rotatable bonds is 8. The molecule has 3 rings (SSSR count). The Bertz CT molecular complexity index is 1100. The lowest BCUT2D eigenvalue weighted by molar-refractivity contribution is 0.0600. The van der Waals surface area contributed by atoms with Crippen LogP contribution in [0.25, 0.3) is 5.69 Å².